The minimum absolute atomic E-state index is 0.0234. The summed E-state index contributed by atoms with van der Waals surface area (Å²) in [5.74, 6) is 3.16. The molecule has 0 atom stereocenters. The summed E-state index contributed by atoms with van der Waals surface area (Å²) < 4.78 is 7.46. The molecule has 0 aromatic carbocycles. The van der Waals surface area contributed by atoms with E-state index in [-0.39, 0.29) is 5.56 Å². The predicted octanol–water partition coefficient (Wildman–Crippen LogP) is 2.29. The number of hydrogen-bond acceptors (Lipinski definition) is 6. The molecule has 26 heavy (non-hydrogen) atoms. The Bertz CT molecular complexity index is 828. The highest BCUT2D eigenvalue weighted by molar-refractivity contribution is 5.12. The lowest BCUT2D eigenvalue weighted by Gasteiger charge is -2.30. The van der Waals surface area contributed by atoms with Crippen LogP contribution in [-0.4, -0.2) is 38.0 Å². The van der Waals surface area contributed by atoms with Crippen molar-refractivity contribution >= 4 is 0 Å². The molecule has 3 fully saturated rings. The smallest absolute Gasteiger partial charge is 0.266 e. The predicted molar refractivity (Wildman–Crippen MR) is 94.7 cm³/mol. The first kappa shape index (κ1) is 16.2. The summed E-state index contributed by atoms with van der Waals surface area (Å²) in [5.41, 5.74) is 1.11. The second-order valence-corrected chi connectivity index (χ2v) is 8.08. The summed E-state index contributed by atoms with van der Waals surface area (Å²) >= 11 is 0. The third-order valence-electron chi connectivity index (χ3n) is 5.79. The summed E-state index contributed by atoms with van der Waals surface area (Å²) in [4.78, 5) is 14.5. The highest BCUT2D eigenvalue weighted by Crippen LogP contribution is 2.39. The Morgan fingerprint density at radius 3 is 2.50 bits per heavy atom. The monoisotopic (exact) mass is 355 g/mol. The third-order valence-corrected chi connectivity index (χ3v) is 5.79. The fourth-order valence-electron chi connectivity index (χ4n) is 3.78. The molecular formula is C19H25N5O2. The summed E-state index contributed by atoms with van der Waals surface area (Å²) in [5, 5.41) is 12.9. The van der Waals surface area contributed by atoms with Crippen LogP contribution in [0.15, 0.2) is 21.3 Å². The Labute approximate surface area is 152 Å². The van der Waals surface area contributed by atoms with Crippen LogP contribution >= 0.6 is 0 Å². The largest absolute Gasteiger partial charge is 0.424 e. The zero-order valence-electron chi connectivity index (χ0n) is 15.0. The summed E-state index contributed by atoms with van der Waals surface area (Å²) in [6.45, 7) is 3.48. The molecule has 5 rings (SSSR count). The van der Waals surface area contributed by atoms with E-state index in [0.29, 0.717) is 17.8 Å². The molecule has 0 N–H and O–H groups in total. The number of piperidine rings is 1. The number of rotatable bonds is 6. The van der Waals surface area contributed by atoms with E-state index in [0.717, 1.165) is 56.5 Å². The normalized spacial score (nSPS) is 22.0. The Balaban J connectivity index is 1.15. The van der Waals surface area contributed by atoms with E-state index in [9.17, 15) is 4.79 Å². The lowest BCUT2D eigenvalue weighted by atomic mass is 9.97. The van der Waals surface area contributed by atoms with Crippen molar-refractivity contribution in [3.63, 3.8) is 0 Å². The Morgan fingerprint density at radius 1 is 1.00 bits per heavy atom. The van der Waals surface area contributed by atoms with Crippen molar-refractivity contribution in [2.75, 3.05) is 13.1 Å². The van der Waals surface area contributed by atoms with Crippen LogP contribution in [0, 0.1) is 5.92 Å². The fraction of sp³-hybridized carbons (Fsp3) is 0.684. The van der Waals surface area contributed by atoms with Crippen molar-refractivity contribution in [3.8, 4) is 0 Å². The average Bonchev–Trinajstić information content (AvgIpc) is 3.57. The highest BCUT2D eigenvalue weighted by atomic mass is 16.4. The van der Waals surface area contributed by atoms with Gasteiger partial charge in [-0.3, -0.25) is 9.69 Å². The van der Waals surface area contributed by atoms with Gasteiger partial charge in [0.15, 0.2) is 0 Å². The van der Waals surface area contributed by atoms with Gasteiger partial charge in [-0.1, -0.05) is 0 Å². The van der Waals surface area contributed by atoms with Crippen LogP contribution in [0.5, 0.6) is 0 Å². The third kappa shape index (κ3) is 3.58. The van der Waals surface area contributed by atoms with Gasteiger partial charge in [0.2, 0.25) is 11.8 Å². The average molecular weight is 355 g/mol. The molecule has 2 aromatic rings. The standard InChI is InChI=1S/C19H25N5O2/c25-18-6-5-16(14-1-2-14)22-24(18)11-13-7-9-23(10-8-13)12-17-20-21-19(26-17)15-3-4-15/h5-6,13-15H,1-4,7-12H2. The molecule has 2 saturated carbocycles. The van der Waals surface area contributed by atoms with Gasteiger partial charge in [0, 0.05) is 24.4 Å². The lowest BCUT2D eigenvalue weighted by molar-refractivity contribution is 0.151. The van der Waals surface area contributed by atoms with E-state index in [1.165, 1.54) is 25.7 Å². The maximum absolute atomic E-state index is 12.1. The molecule has 7 nitrogen and oxygen atoms in total. The van der Waals surface area contributed by atoms with E-state index in [1.54, 1.807) is 10.7 Å². The van der Waals surface area contributed by atoms with Crippen LogP contribution in [0.3, 0.4) is 0 Å². The maximum atomic E-state index is 12.1. The molecular weight excluding hydrogens is 330 g/mol. The SMILES string of the molecule is O=c1ccc(C2CC2)nn1CC1CCN(Cc2nnc(C3CC3)o2)CC1. The molecule has 138 valence electrons. The molecule has 1 saturated heterocycles. The summed E-state index contributed by atoms with van der Waals surface area (Å²) in [7, 11) is 0. The van der Waals surface area contributed by atoms with Gasteiger partial charge >= 0.3 is 0 Å². The molecule has 0 radical (unpaired) electrons. The van der Waals surface area contributed by atoms with Crippen molar-refractivity contribution < 1.29 is 4.42 Å². The topological polar surface area (TPSA) is 77.1 Å². The van der Waals surface area contributed by atoms with Gasteiger partial charge in [-0.05, 0) is 63.6 Å². The van der Waals surface area contributed by atoms with Gasteiger partial charge < -0.3 is 4.42 Å². The van der Waals surface area contributed by atoms with Crippen LogP contribution < -0.4 is 5.56 Å². The van der Waals surface area contributed by atoms with Gasteiger partial charge in [-0.2, -0.15) is 5.10 Å². The van der Waals surface area contributed by atoms with Gasteiger partial charge in [-0.25, -0.2) is 4.68 Å². The Hall–Kier alpha value is -2.02. The van der Waals surface area contributed by atoms with Gasteiger partial charge in [0.25, 0.3) is 5.56 Å². The van der Waals surface area contributed by atoms with Crippen LogP contribution in [0.25, 0.3) is 0 Å². The molecule has 2 aromatic heterocycles. The molecule has 7 heteroatoms. The molecule has 2 aliphatic carbocycles. The van der Waals surface area contributed by atoms with Gasteiger partial charge in [0.05, 0.1) is 12.2 Å². The number of nitrogens with zero attached hydrogens (tertiary/aromatic N) is 5. The van der Waals surface area contributed by atoms with Crippen molar-refractivity contribution in [1.82, 2.24) is 24.9 Å². The fourth-order valence-corrected chi connectivity index (χ4v) is 3.78. The molecule has 0 spiro atoms. The van der Waals surface area contributed by atoms with Gasteiger partial charge in [0.1, 0.15) is 0 Å². The first-order valence-electron chi connectivity index (χ1n) is 9.87. The maximum Gasteiger partial charge on any atom is 0.266 e. The number of hydrogen-bond donors (Lipinski definition) is 0. The Kier molecular flexibility index (Phi) is 4.11. The second-order valence-electron chi connectivity index (χ2n) is 8.08. The molecule has 0 bridgehead atoms. The highest BCUT2D eigenvalue weighted by Gasteiger charge is 2.30. The van der Waals surface area contributed by atoms with E-state index in [1.807, 2.05) is 6.07 Å². The van der Waals surface area contributed by atoms with Crippen LogP contribution in [0.4, 0.5) is 0 Å². The van der Waals surface area contributed by atoms with Crippen molar-refractivity contribution in [3.05, 3.63) is 40.0 Å². The quantitative estimate of drug-likeness (QED) is 0.791. The zero-order chi connectivity index (χ0) is 17.5. The minimum Gasteiger partial charge on any atom is -0.424 e. The van der Waals surface area contributed by atoms with E-state index >= 15 is 0 Å². The minimum atomic E-state index is 0.0234. The molecule has 1 aliphatic heterocycles. The number of aromatic nitrogens is 4. The first-order valence-corrected chi connectivity index (χ1v) is 9.87. The Morgan fingerprint density at radius 2 is 1.77 bits per heavy atom. The summed E-state index contributed by atoms with van der Waals surface area (Å²) in [6.07, 6.45) is 6.94. The van der Waals surface area contributed by atoms with Crippen molar-refractivity contribution in [2.24, 2.45) is 5.92 Å². The zero-order valence-corrected chi connectivity index (χ0v) is 15.0. The van der Waals surface area contributed by atoms with Crippen LogP contribution in [0.1, 0.15) is 67.8 Å². The number of likely N-dealkylation sites (tertiary alicyclic amines) is 1. The summed E-state index contributed by atoms with van der Waals surface area (Å²) in [6, 6.07) is 3.59. The van der Waals surface area contributed by atoms with Crippen LogP contribution in [0.2, 0.25) is 0 Å². The lowest BCUT2D eigenvalue weighted by Crippen LogP contribution is -2.36. The molecule has 0 unspecified atom stereocenters. The second kappa shape index (κ2) is 6.61. The van der Waals surface area contributed by atoms with Gasteiger partial charge in [-0.15, -0.1) is 10.2 Å². The molecule has 0 amide bonds. The van der Waals surface area contributed by atoms with Crippen LogP contribution in [-0.2, 0) is 13.1 Å². The van der Waals surface area contributed by atoms with E-state index < -0.39 is 0 Å². The van der Waals surface area contributed by atoms with E-state index in [2.05, 4.69) is 20.2 Å². The van der Waals surface area contributed by atoms with E-state index in [4.69, 9.17) is 4.42 Å². The molecule has 3 heterocycles. The van der Waals surface area contributed by atoms with Crippen molar-refractivity contribution in [1.29, 1.82) is 0 Å². The van der Waals surface area contributed by atoms with Crippen molar-refractivity contribution in [2.45, 2.75) is 63.5 Å². The first-order chi connectivity index (χ1) is 12.7. The molecule has 3 aliphatic rings.